The number of nitrogens with zero attached hydrogens (tertiary/aromatic N) is 1. The average molecular weight is 302 g/mol. The summed E-state index contributed by atoms with van der Waals surface area (Å²) in [4.78, 5) is 2.33. The van der Waals surface area contributed by atoms with Crippen molar-refractivity contribution in [2.75, 3.05) is 26.2 Å². The summed E-state index contributed by atoms with van der Waals surface area (Å²) in [5.74, 6) is -0.142. The number of hydrogen-bond donors (Lipinski definition) is 1. The summed E-state index contributed by atoms with van der Waals surface area (Å²) in [5.41, 5.74) is 0.889. The molecule has 1 aliphatic rings. The number of halogens is 3. The van der Waals surface area contributed by atoms with E-state index in [1.165, 1.54) is 12.1 Å². The number of rotatable bonds is 5. The van der Waals surface area contributed by atoms with E-state index in [9.17, 15) is 13.2 Å². The third kappa shape index (κ3) is 4.89. The van der Waals surface area contributed by atoms with E-state index in [-0.39, 0.29) is 11.8 Å². The lowest BCUT2D eigenvalue weighted by Crippen LogP contribution is -2.45. The number of piperazine rings is 1. The number of alkyl halides is 3. The molecule has 6 heteroatoms. The normalized spacial score (nSPS) is 18.5. The highest BCUT2D eigenvalue weighted by molar-refractivity contribution is 5.31. The van der Waals surface area contributed by atoms with Gasteiger partial charge in [0.2, 0.25) is 0 Å². The third-order valence-corrected chi connectivity index (χ3v) is 3.63. The van der Waals surface area contributed by atoms with Gasteiger partial charge in [0, 0.05) is 32.2 Å². The van der Waals surface area contributed by atoms with E-state index in [0.29, 0.717) is 0 Å². The van der Waals surface area contributed by atoms with Crippen LogP contribution in [-0.2, 0) is 0 Å². The van der Waals surface area contributed by atoms with Crippen molar-refractivity contribution >= 4 is 0 Å². The van der Waals surface area contributed by atoms with E-state index < -0.39 is 6.36 Å². The molecule has 1 saturated heterocycles. The lowest BCUT2D eigenvalue weighted by Gasteiger charge is -2.35. The van der Waals surface area contributed by atoms with E-state index in [2.05, 4.69) is 21.9 Å². The zero-order valence-corrected chi connectivity index (χ0v) is 12.1. The Hall–Kier alpha value is -1.27. The van der Waals surface area contributed by atoms with Crippen LogP contribution < -0.4 is 10.1 Å². The van der Waals surface area contributed by atoms with Crippen LogP contribution in [0.5, 0.6) is 5.75 Å². The molecule has 1 aromatic rings. The fraction of sp³-hybridized carbons (Fsp3) is 0.600. The van der Waals surface area contributed by atoms with Gasteiger partial charge < -0.3 is 10.1 Å². The molecule has 0 unspecified atom stereocenters. The smallest absolute Gasteiger partial charge is 0.406 e. The second kappa shape index (κ2) is 7.13. The van der Waals surface area contributed by atoms with Gasteiger partial charge in [-0.05, 0) is 24.1 Å². The Labute approximate surface area is 123 Å². The van der Waals surface area contributed by atoms with Crippen molar-refractivity contribution in [1.29, 1.82) is 0 Å². The van der Waals surface area contributed by atoms with Crippen LogP contribution in [0.3, 0.4) is 0 Å². The third-order valence-electron chi connectivity index (χ3n) is 3.63. The van der Waals surface area contributed by atoms with Crippen molar-refractivity contribution in [3.05, 3.63) is 29.8 Å². The lowest BCUT2D eigenvalue weighted by atomic mass is 9.99. The molecule has 1 heterocycles. The predicted molar refractivity (Wildman–Crippen MR) is 75.2 cm³/mol. The van der Waals surface area contributed by atoms with Crippen molar-refractivity contribution in [1.82, 2.24) is 10.2 Å². The molecule has 3 nitrogen and oxygen atoms in total. The second-order valence-electron chi connectivity index (χ2n) is 5.21. The minimum Gasteiger partial charge on any atom is -0.406 e. The van der Waals surface area contributed by atoms with Gasteiger partial charge in [-0.25, -0.2) is 0 Å². The maximum atomic E-state index is 12.3. The minimum absolute atomic E-state index is 0.142. The van der Waals surface area contributed by atoms with Crippen LogP contribution >= 0.6 is 0 Å². The first-order valence-corrected chi connectivity index (χ1v) is 7.30. The molecule has 0 aliphatic carbocycles. The minimum atomic E-state index is -4.64. The highest BCUT2D eigenvalue weighted by atomic mass is 19.4. The molecule has 1 fully saturated rings. The van der Waals surface area contributed by atoms with E-state index in [4.69, 9.17) is 0 Å². The summed E-state index contributed by atoms with van der Waals surface area (Å²) in [5, 5.41) is 3.29. The predicted octanol–water partition coefficient (Wildman–Crippen LogP) is 3.33. The van der Waals surface area contributed by atoms with Crippen molar-refractivity contribution < 1.29 is 17.9 Å². The molecule has 21 heavy (non-hydrogen) atoms. The molecule has 1 aliphatic heterocycles. The molecular weight excluding hydrogens is 281 g/mol. The molecule has 0 aromatic heterocycles. The van der Waals surface area contributed by atoms with Gasteiger partial charge in [-0.1, -0.05) is 25.5 Å². The average Bonchev–Trinajstić information content (AvgIpc) is 2.44. The zero-order chi connectivity index (χ0) is 15.3. The standard InChI is InChI=1S/C15H21F3N2O/c1-2-4-14(20-9-7-19-8-10-20)12-5-3-6-13(11-12)21-15(16,17)18/h3,5-6,11,14,19H,2,4,7-10H2,1H3/t14-/m1/s1. The Kier molecular flexibility index (Phi) is 5.47. The SMILES string of the molecule is CCC[C@H](c1cccc(OC(F)(F)F)c1)N1CCNCC1. The van der Waals surface area contributed by atoms with Crippen LogP contribution in [0, 0.1) is 0 Å². The molecule has 0 amide bonds. The fourth-order valence-electron chi connectivity index (χ4n) is 2.75. The van der Waals surface area contributed by atoms with Crippen LogP contribution in [0.2, 0.25) is 0 Å². The topological polar surface area (TPSA) is 24.5 Å². The van der Waals surface area contributed by atoms with Crippen LogP contribution in [-0.4, -0.2) is 37.4 Å². The number of ether oxygens (including phenoxy) is 1. The van der Waals surface area contributed by atoms with Gasteiger partial charge in [0.05, 0.1) is 0 Å². The van der Waals surface area contributed by atoms with Crippen LogP contribution in [0.4, 0.5) is 13.2 Å². The summed E-state index contributed by atoms with van der Waals surface area (Å²) in [6.45, 7) is 5.74. The molecule has 118 valence electrons. The largest absolute Gasteiger partial charge is 0.573 e. The molecular formula is C15H21F3N2O. The van der Waals surface area contributed by atoms with Crippen LogP contribution in [0.25, 0.3) is 0 Å². The Morgan fingerprint density at radius 3 is 2.62 bits per heavy atom. The van der Waals surface area contributed by atoms with E-state index in [1.807, 2.05) is 6.07 Å². The Balaban J connectivity index is 2.17. The fourth-order valence-corrected chi connectivity index (χ4v) is 2.75. The van der Waals surface area contributed by atoms with E-state index >= 15 is 0 Å². The van der Waals surface area contributed by atoms with Gasteiger partial charge in [-0.15, -0.1) is 13.2 Å². The van der Waals surface area contributed by atoms with Crippen molar-refractivity contribution in [3.8, 4) is 5.75 Å². The summed E-state index contributed by atoms with van der Waals surface area (Å²) in [6.07, 6.45) is -2.73. The maximum Gasteiger partial charge on any atom is 0.573 e. The first-order valence-electron chi connectivity index (χ1n) is 7.30. The van der Waals surface area contributed by atoms with Gasteiger partial charge in [0.25, 0.3) is 0 Å². The van der Waals surface area contributed by atoms with Gasteiger partial charge in [0.15, 0.2) is 0 Å². The molecule has 2 rings (SSSR count). The van der Waals surface area contributed by atoms with Gasteiger partial charge in [-0.2, -0.15) is 0 Å². The van der Waals surface area contributed by atoms with Crippen molar-refractivity contribution in [2.24, 2.45) is 0 Å². The molecule has 0 radical (unpaired) electrons. The van der Waals surface area contributed by atoms with Gasteiger partial charge in [0.1, 0.15) is 5.75 Å². The molecule has 1 atom stereocenters. The number of benzene rings is 1. The van der Waals surface area contributed by atoms with Gasteiger partial charge in [-0.3, -0.25) is 4.90 Å². The highest BCUT2D eigenvalue weighted by Crippen LogP contribution is 2.30. The molecule has 1 aromatic carbocycles. The lowest BCUT2D eigenvalue weighted by molar-refractivity contribution is -0.274. The van der Waals surface area contributed by atoms with Crippen LogP contribution in [0.1, 0.15) is 31.4 Å². The monoisotopic (exact) mass is 302 g/mol. The molecule has 0 spiro atoms. The number of hydrogen-bond acceptors (Lipinski definition) is 3. The summed E-state index contributed by atoms with van der Waals surface area (Å²) < 4.78 is 41.0. The molecule has 0 saturated carbocycles. The highest BCUT2D eigenvalue weighted by Gasteiger charge is 2.31. The van der Waals surface area contributed by atoms with Crippen molar-refractivity contribution in [2.45, 2.75) is 32.2 Å². The first-order chi connectivity index (χ1) is 9.99. The molecule has 1 N–H and O–H groups in total. The second-order valence-corrected chi connectivity index (χ2v) is 5.21. The summed E-state index contributed by atoms with van der Waals surface area (Å²) >= 11 is 0. The quantitative estimate of drug-likeness (QED) is 0.903. The summed E-state index contributed by atoms with van der Waals surface area (Å²) in [7, 11) is 0. The van der Waals surface area contributed by atoms with Crippen LogP contribution in [0.15, 0.2) is 24.3 Å². The Morgan fingerprint density at radius 2 is 2.00 bits per heavy atom. The first kappa shape index (κ1) is 16.1. The zero-order valence-electron chi connectivity index (χ0n) is 12.1. The Bertz CT molecular complexity index is 445. The van der Waals surface area contributed by atoms with E-state index in [1.54, 1.807) is 6.07 Å². The molecule has 0 bridgehead atoms. The maximum absolute atomic E-state index is 12.3. The number of nitrogens with one attached hydrogen (secondary N) is 1. The van der Waals surface area contributed by atoms with E-state index in [0.717, 1.165) is 44.6 Å². The van der Waals surface area contributed by atoms with Gasteiger partial charge >= 0.3 is 6.36 Å². The Morgan fingerprint density at radius 1 is 1.29 bits per heavy atom. The summed E-state index contributed by atoms with van der Waals surface area (Å²) in [6, 6.07) is 6.51. The van der Waals surface area contributed by atoms with Crippen molar-refractivity contribution in [3.63, 3.8) is 0 Å².